The van der Waals surface area contributed by atoms with Gasteiger partial charge in [-0.15, -0.1) is 0 Å². The van der Waals surface area contributed by atoms with Crippen molar-refractivity contribution in [1.29, 1.82) is 5.26 Å². The lowest BCUT2D eigenvalue weighted by molar-refractivity contribution is -0.137. The number of rotatable bonds is 7. The highest BCUT2D eigenvalue weighted by molar-refractivity contribution is 7.80. The molecule has 0 atom stereocenters. The number of benzene rings is 1. The van der Waals surface area contributed by atoms with E-state index in [-0.39, 0.29) is 17.3 Å². The molecule has 1 amide bonds. The van der Waals surface area contributed by atoms with Gasteiger partial charge in [-0.3, -0.25) is 9.69 Å². The van der Waals surface area contributed by atoms with Gasteiger partial charge in [0.25, 0.3) is 5.91 Å². The minimum Gasteiger partial charge on any atom is -0.475 e. The van der Waals surface area contributed by atoms with Crippen LogP contribution in [0.1, 0.15) is 30.5 Å². The van der Waals surface area contributed by atoms with Gasteiger partial charge < -0.3 is 14.4 Å². The van der Waals surface area contributed by atoms with Gasteiger partial charge in [-0.1, -0.05) is 6.07 Å². The zero-order valence-corrected chi connectivity index (χ0v) is 19.0. The Morgan fingerprint density at radius 1 is 1.21 bits per heavy atom. The van der Waals surface area contributed by atoms with Crippen LogP contribution >= 0.6 is 12.2 Å². The Labute approximate surface area is 194 Å². The van der Waals surface area contributed by atoms with Crippen molar-refractivity contribution in [2.45, 2.75) is 32.1 Å². The van der Waals surface area contributed by atoms with Crippen molar-refractivity contribution < 1.29 is 27.4 Å². The molecule has 1 saturated heterocycles. The molecule has 3 rings (SSSR count). The zero-order chi connectivity index (χ0) is 24.4. The molecule has 2 heterocycles. The highest BCUT2D eigenvalue weighted by Crippen LogP contribution is 2.38. The molecule has 0 saturated carbocycles. The summed E-state index contributed by atoms with van der Waals surface area (Å²) in [5.41, 5.74) is -2.08. The van der Waals surface area contributed by atoms with Gasteiger partial charge in [0, 0.05) is 25.9 Å². The molecular formula is C22H21F3N4O3S. The second-order valence-electron chi connectivity index (χ2n) is 7.75. The molecule has 33 heavy (non-hydrogen) atoms. The molecule has 11 heteroatoms. The molecule has 174 valence electrons. The number of alkyl halides is 3. The van der Waals surface area contributed by atoms with Gasteiger partial charge in [0.2, 0.25) is 5.88 Å². The average molecular weight is 478 g/mol. The Morgan fingerprint density at radius 2 is 1.94 bits per heavy atom. The van der Waals surface area contributed by atoms with E-state index >= 15 is 0 Å². The Hall–Kier alpha value is -3.23. The third-order valence-electron chi connectivity index (χ3n) is 5.19. The summed E-state index contributed by atoms with van der Waals surface area (Å²) in [6.07, 6.45) is -3.17. The van der Waals surface area contributed by atoms with Gasteiger partial charge in [-0.2, -0.15) is 18.4 Å². The number of carbonyl (C=O) groups is 1. The summed E-state index contributed by atoms with van der Waals surface area (Å²) in [5.74, 6) is -0.0631. The van der Waals surface area contributed by atoms with Crippen molar-refractivity contribution in [2.75, 3.05) is 25.2 Å². The number of pyridine rings is 1. The Balaban J connectivity index is 1.87. The standard InChI is InChI=1S/C22H21F3N4O3S/c1-21(2)19(30)29(16-6-5-15(11-26)17(10-16)22(23,24)25)20(33)28(21)13-14-4-7-18(27-12-14)32-9-8-31-3/h4-7,10,12H,8-9,13H2,1-3H3. The highest BCUT2D eigenvalue weighted by Gasteiger charge is 2.49. The molecule has 0 bridgehead atoms. The van der Waals surface area contributed by atoms with Gasteiger partial charge in [0.15, 0.2) is 5.11 Å². The topological polar surface area (TPSA) is 78.7 Å². The number of halogens is 3. The molecular weight excluding hydrogens is 457 g/mol. The number of hydrogen-bond donors (Lipinski definition) is 0. The smallest absolute Gasteiger partial charge is 0.417 e. The molecule has 1 fully saturated rings. The van der Waals surface area contributed by atoms with Crippen LogP contribution in [0.4, 0.5) is 18.9 Å². The molecule has 1 aliphatic rings. The third kappa shape index (κ3) is 4.91. The predicted molar refractivity (Wildman–Crippen MR) is 117 cm³/mol. The molecule has 7 nitrogen and oxygen atoms in total. The maximum Gasteiger partial charge on any atom is 0.417 e. The van der Waals surface area contributed by atoms with E-state index in [1.165, 1.54) is 12.1 Å². The van der Waals surface area contributed by atoms with Crippen LogP contribution in [0.3, 0.4) is 0 Å². The van der Waals surface area contributed by atoms with E-state index in [2.05, 4.69) is 4.98 Å². The van der Waals surface area contributed by atoms with E-state index in [1.54, 1.807) is 44.2 Å². The Kier molecular flexibility index (Phi) is 6.90. The second kappa shape index (κ2) is 9.33. The van der Waals surface area contributed by atoms with Gasteiger partial charge >= 0.3 is 6.18 Å². The van der Waals surface area contributed by atoms with Crippen molar-refractivity contribution in [3.05, 3.63) is 53.2 Å². The van der Waals surface area contributed by atoms with Crippen LogP contribution in [0.25, 0.3) is 0 Å². The lowest BCUT2D eigenvalue weighted by atomic mass is 10.0. The summed E-state index contributed by atoms with van der Waals surface area (Å²) >= 11 is 5.49. The van der Waals surface area contributed by atoms with Crippen LogP contribution in [-0.4, -0.2) is 46.8 Å². The highest BCUT2D eigenvalue weighted by atomic mass is 32.1. The summed E-state index contributed by atoms with van der Waals surface area (Å²) in [7, 11) is 1.56. The summed E-state index contributed by atoms with van der Waals surface area (Å²) in [6, 6.07) is 8.07. The van der Waals surface area contributed by atoms with E-state index in [4.69, 9.17) is 27.0 Å². The van der Waals surface area contributed by atoms with Crippen molar-refractivity contribution >= 4 is 28.9 Å². The molecule has 0 aliphatic carbocycles. The van der Waals surface area contributed by atoms with Gasteiger partial charge in [-0.05, 0) is 49.8 Å². The molecule has 1 aromatic carbocycles. The fourth-order valence-corrected chi connectivity index (χ4v) is 3.82. The number of amides is 1. The summed E-state index contributed by atoms with van der Waals surface area (Å²) in [4.78, 5) is 20.1. The van der Waals surface area contributed by atoms with E-state index in [1.807, 2.05) is 0 Å². The fraction of sp³-hybridized carbons (Fsp3) is 0.364. The number of nitrogens with zero attached hydrogens (tertiary/aromatic N) is 4. The van der Waals surface area contributed by atoms with Gasteiger partial charge in [-0.25, -0.2) is 4.98 Å². The van der Waals surface area contributed by atoms with Gasteiger partial charge in [0.1, 0.15) is 12.1 Å². The number of aromatic nitrogens is 1. The molecule has 0 spiro atoms. The van der Waals surface area contributed by atoms with Crippen LogP contribution in [0.2, 0.25) is 0 Å². The van der Waals surface area contributed by atoms with E-state index < -0.39 is 28.7 Å². The molecule has 0 unspecified atom stereocenters. The number of anilines is 1. The van der Waals surface area contributed by atoms with Gasteiger partial charge in [0.05, 0.1) is 29.5 Å². The fourth-order valence-electron chi connectivity index (χ4n) is 3.33. The lowest BCUT2D eigenvalue weighted by Gasteiger charge is -2.29. The first-order valence-electron chi connectivity index (χ1n) is 9.85. The van der Waals surface area contributed by atoms with Crippen LogP contribution in [0.15, 0.2) is 36.5 Å². The van der Waals surface area contributed by atoms with E-state index in [9.17, 15) is 18.0 Å². The quantitative estimate of drug-likeness (QED) is 0.441. The first-order valence-corrected chi connectivity index (χ1v) is 10.3. The lowest BCUT2D eigenvalue weighted by Crippen LogP contribution is -2.43. The number of thiocarbonyl (C=S) groups is 1. The number of hydrogen-bond acceptors (Lipinski definition) is 6. The third-order valence-corrected chi connectivity index (χ3v) is 5.59. The number of carbonyl (C=O) groups excluding carboxylic acids is 1. The van der Waals surface area contributed by atoms with Crippen molar-refractivity contribution in [3.8, 4) is 11.9 Å². The summed E-state index contributed by atoms with van der Waals surface area (Å²) in [6.45, 7) is 4.27. The molecule has 0 radical (unpaired) electrons. The number of ether oxygens (including phenoxy) is 2. The maximum absolute atomic E-state index is 13.4. The minimum absolute atomic E-state index is 0.0492. The van der Waals surface area contributed by atoms with E-state index in [0.717, 1.165) is 22.6 Å². The zero-order valence-electron chi connectivity index (χ0n) is 18.1. The summed E-state index contributed by atoms with van der Waals surface area (Å²) in [5, 5.41) is 9.08. The molecule has 1 aromatic heterocycles. The van der Waals surface area contributed by atoms with Crippen molar-refractivity contribution in [3.63, 3.8) is 0 Å². The van der Waals surface area contributed by atoms with Crippen LogP contribution in [-0.2, 0) is 22.3 Å². The van der Waals surface area contributed by atoms with Crippen LogP contribution in [0, 0.1) is 11.3 Å². The Bertz CT molecular complexity index is 1100. The van der Waals surface area contributed by atoms with Crippen molar-refractivity contribution in [2.24, 2.45) is 0 Å². The normalized spacial score (nSPS) is 15.7. The predicted octanol–water partition coefficient (Wildman–Crippen LogP) is 3.91. The molecule has 0 N–H and O–H groups in total. The van der Waals surface area contributed by atoms with Crippen molar-refractivity contribution in [1.82, 2.24) is 9.88 Å². The Morgan fingerprint density at radius 3 is 2.52 bits per heavy atom. The van der Waals surface area contributed by atoms with Crippen LogP contribution < -0.4 is 9.64 Å². The second-order valence-corrected chi connectivity index (χ2v) is 8.12. The molecule has 1 aliphatic heterocycles. The SMILES string of the molecule is COCCOc1ccc(CN2C(=S)N(c3ccc(C#N)c(C(F)(F)F)c3)C(=O)C2(C)C)cn1. The first kappa shape index (κ1) is 24.4. The number of methoxy groups -OCH3 is 1. The summed E-state index contributed by atoms with van der Waals surface area (Å²) < 4.78 is 50.6. The first-order chi connectivity index (χ1) is 15.5. The average Bonchev–Trinajstić information content (AvgIpc) is 2.93. The largest absolute Gasteiger partial charge is 0.475 e. The van der Waals surface area contributed by atoms with E-state index in [0.29, 0.717) is 19.1 Å². The monoisotopic (exact) mass is 478 g/mol. The maximum atomic E-state index is 13.4. The number of nitriles is 1. The van der Waals surface area contributed by atoms with Crippen LogP contribution in [0.5, 0.6) is 5.88 Å². The molecule has 2 aromatic rings. The minimum atomic E-state index is -4.75.